The van der Waals surface area contributed by atoms with E-state index in [1.54, 1.807) is 6.92 Å². The highest BCUT2D eigenvalue weighted by molar-refractivity contribution is 6.32. The molecule has 0 bridgehead atoms. The molecule has 0 radical (unpaired) electrons. The molecule has 0 saturated carbocycles. The van der Waals surface area contributed by atoms with Gasteiger partial charge < -0.3 is 14.8 Å². The second-order valence-corrected chi connectivity index (χ2v) is 5.33. The fourth-order valence-corrected chi connectivity index (χ4v) is 1.85. The Morgan fingerprint density at radius 1 is 1.27 bits per heavy atom. The summed E-state index contributed by atoms with van der Waals surface area (Å²) in [6, 6.07) is 1.61. The van der Waals surface area contributed by atoms with Crippen molar-refractivity contribution in [1.82, 2.24) is 0 Å². The van der Waals surface area contributed by atoms with Gasteiger partial charge in [-0.15, -0.1) is 0 Å². The molecular formula is C15H14ClF4NO5. The number of carbonyl (C=O) groups is 3. The van der Waals surface area contributed by atoms with E-state index in [1.807, 2.05) is 5.32 Å². The molecule has 1 unspecified atom stereocenters. The molecule has 6 nitrogen and oxygen atoms in total. The van der Waals surface area contributed by atoms with Gasteiger partial charge in [0.2, 0.25) is 11.7 Å². The summed E-state index contributed by atoms with van der Waals surface area (Å²) in [6.45, 7) is 3.00. The maximum atomic E-state index is 13.8. The molecule has 0 spiro atoms. The summed E-state index contributed by atoms with van der Waals surface area (Å²) in [5, 5.41) is 1.57. The molecule has 1 aromatic rings. The lowest BCUT2D eigenvalue weighted by Crippen LogP contribution is -2.28. The Morgan fingerprint density at radius 3 is 2.42 bits per heavy atom. The van der Waals surface area contributed by atoms with Gasteiger partial charge in [0.05, 0.1) is 23.7 Å². The van der Waals surface area contributed by atoms with E-state index in [1.165, 1.54) is 6.92 Å². The van der Waals surface area contributed by atoms with E-state index >= 15 is 0 Å². The number of esters is 1. The van der Waals surface area contributed by atoms with E-state index in [0.717, 1.165) is 12.1 Å². The zero-order chi connectivity index (χ0) is 20.1. The molecule has 26 heavy (non-hydrogen) atoms. The van der Waals surface area contributed by atoms with Crippen LogP contribution < -0.4 is 10.1 Å². The number of halogens is 5. The van der Waals surface area contributed by atoms with Crippen LogP contribution in [0.1, 0.15) is 20.3 Å². The van der Waals surface area contributed by atoms with E-state index in [0.29, 0.717) is 0 Å². The molecule has 0 fully saturated rings. The monoisotopic (exact) mass is 399 g/mol. The Balaban J connectivity index is 2.92. The van der Waals surface area contributed by atoms with Gasteiger partial charge in [0.25, 0.3) is 0 Å². The lowest BCUT2D eigenvalue weighted by Gasteiger charge is -2.16. The van der Waals surface area contributed by atoms with Gasteiger partial charge in [0, 0.05) is 6.07 Å². The van der Waals surface area contributed by atoms with Crippen molar-refractivity contribution in [3.63, 3.8) is 0 Å². The first-order valence-corrected chi connectivity index (χ1v) is 7.55. The zero-order valence-corrected chi connectivity index (χ0v) is 14.3. The quantitative estimate of drug-likeness (QED) is 0.432. The van der Waals surface area contributed by atoms with Crippen LogP contribution in [0.25, 0.3) is 0 Å². The highest BCUT2D eigenvalue weighted by atomic mass is 35.5. The predicted molar refractivity (Wildman–Crippen MR) is 82.4 cm³/mol. The smallest absolute Gasteiger partial charge is 0.450 e. The molecule has 0 aliphatic heterocycles. The van der Waals surface area contributed by atoms with E-state index in [9.17, 15) is 31.9 Å². The highest BCUT2D eigenvalue weighted by Gasteiger charge is 2.39. The van der Waals surface area contributed by atoms with Gasteiger partial charge in [-0.1, -0.05) is 11.6 Å². The topological polar surface area (TPSA) is 81.7 Å². The summed E-state index contributed by atoms with van der Waals surface area (Å²) in [5.41, 5.74) is -0.569. The van der Waals surface area contributed by atoms with Crippen molar-refractivity contribution in [2.45, 2.75) is 32.5 Å². The Morgan fingerprint density at radius 2 is 1.88 bits per heavy atom. The molecule has 1 amide bonds. The number of ether oxygens (including phenoxy) is 2. The van der Waals surface area contributed by atoms with Crippen LogP contribution in [-0.4, -0.2) is 36.5 Å². The van der Waals surface area contributed by atoms with Crippen LogP contribution in [-0.2, 0) is 19.1 Å². The Hall–Kier alpha value is -2.36. The molecule has 1 atom stereocenters. The number of rotatable bonds is 7. The summed E-state index contributed by atoms with van der Waals surface area (Å²) in [6.07, 6.45) is -7.81. The van der Waals surface area contributed by atoms with Gasteiger partial charge >= 0.3 is 12.1 Å². The van der Waals surface area contributed by atoms with E-state index in [4.69, 9.17) is 21.1 Å². The van der Waals surface area contributed by atoms with Crippen LogP contribution >= 0.6 is 11.6 Å². The van der Waals surface area contributed by atoms with Gasteiger partial charge in [-0.25, -0.2) is 9.18 Å². The molecule has 0 saturated heterocycles. The maximum Gasteiger partial charge on any atom is 0.450 e. The molecule has 11 heteroatoms. The van der Waals surface area contributed by atoms with Gasteiger partial charge in [0.15, 0.2) is 6.10 Å². The average Bonchev–Trinajstić information content (AvgIpc) is 2.51. The van der Waals surface area contributed by atoms with Gasteiger partial charge in [-0.3, -0.25) is 9.59 Å². The second-order valence-electron chi connectivity index (χ2n) is 4.92. The number of carbonyl (C=O) groups excluding carboxylic acids is 3. The normalized spacial score (nSPS) is 12.3. The van der Waals surface area contributed by atoms with E-state index in [2.05, 4.69) is 0 Å². The van der Waals surface area contributed by atoms with Crippen LogP contribution in [0.2, 0.25) is 5.02 Å². The number of anilines is 1. The third-order valence-corrected chi connectivity index (χ3v) is 3.15. The third-order valence-electron chi connectivity index (χ3n) is 2.86. The number of benzene rings is 1. The first kappa shape index (κ1) is 21.7. The van der Waals surface area contributed by atoms with Crippen molar-refractivity contribution in [2.24, 2.45) is 0 Å². The standard InChI is InChI=1S/C15H14ClF4NO5/c1-3-25-14(24)7(2)26-11-5-10(9(17)4-8(11)16)21-13(23)6-12(22)15(18,19)20/h4-5,7H,3,6H2,1-2H3,(H,21,23). The molecular weight excluding hydrogens is 386 g/mol. The Bertz CT molecular complexity index is 708. The first-order valence-electron chi connectivity index (χ1n) is 7.17. The molecule has 1 N–H and O–H groups in total. The number of alkyl halides is 3. The lowest BCUT2D eigenvalue weighted by molar-refractivity contribution is -0.171. The van der Waals surface area contributed by atoms with Crippen molar-refractivity contribution in [2.75, 3.05) is 11.9 Å². The van der Waals surface area contributed by atoms with Crippen molar-refractivity contribution < 1.29 is 41.4 Å². The van der Waals surface area contributed by atoms with Crippen molar-refractivity contribution in [1.29, 1.82) is 0 Å². The van der Waals surface area contributed by atoms with Crippen LogP contribution in [0.3, 0.4) is 0 Å². The molecule has 1 rings (SSSR count). The van der Waals surface area contributed by atoms with Crippen LogP contribution in [0.15, 0.2) is 12.1 Å². The number of amides is 1. The van der Waals surface area contributed by atoms with E-state index in [-0.39, 0.29) is 17.4 Å². The number of hydrogen-bond acceptors (Lipinski definition) is 5. The van der Waals surface area contributed by atoms with Crippen LogP contribution in [0.5, 0.6) is 5.75 Å². The summed E-state index contributed by atoms with van der Waals surface area (Å²) in [7, 11) is 0. The molecule has 144 valence electrons. The molecule has 0 aliphatic rings. The molecule has 0 aromatic heterocycles. The van der Waals surface area contributed by atoms with Gasteiger partial charge in [-0.2, -0.15) is 13.2 Å². The predicted octanol–water partition coefficient (Wildman–Crippen LogP) is 3.27. The fraction of sp³-hybridized carbons (Fsp3) is 0.400. The number of hydrogen-bond donors (Lipinski definition) is 1. The van der Waals surface area contributed by atoms with Crippen molar-refractivity contribution >= 4 is 34.9 Å². The number of ketones is 1. The fourth-order valence-electron chi connectivity index (χ4n) is 1.65. The summed E-state index contributed by atoms with van der Waals surface area (Å²) >= 11 is 5.78. The first-order chi connectivity index (χ1) is 12.0. The SMILES string of the molecule is CCOC(=O)C(C)Oc1cc(NC(=O)CC(=O)C(F)(F)F)c(F)cc1Cl. The number of Topliss-reactive ketones (excluding diaryl/α,β-unsaturated/α-hetero) is 1. The van der Waals surface area contributed by atoms with Crippen LogP contribution in [0, 0.1) is 5.82 Å². The minimum atomic E-state index is -5.18. The number of nitrogens with one attached hydrogen (secondary N) is 1. The average molecular weight is 400 g/mol. The second kappa shape index (κ2) is 8.84. The molecule has 0 heterocycles. The van der Waals surface area contributed by atoms with E-state index < -0.39 is 47.9 Å². The lowest BCUT2D eigenvalue weighted by atomic mass is 10.2. The van der Waals surface area contributed by atoms with Crippen molar-refractivity contribution in [3.05, 3.63) is 23.0 Å². The zero-order valence-electron chi connectivity index (χ0n) is 13.6. The summed E-state index contributed by atoms with van der Waals surface area (Å²) in [5.74, 6) is -5.67. The van der Waals surface area contributed by atoms with Crippen LogP contribution in [0.4, 0.5) is 23.2 Å². The highest BCUT2D eigenvalue weighted by Crippen LogP contribution is 2.31. The molecule has 0 aliphatic carbocycles. The Kier molecular flexibility index (Phi) is 7.37. The Labute approximate surface area is 150 Å². The third kappa shape index (κ3) is 6.17. The summed E-state index contributed by atoms with van der Waals surface area (Å²) in [4.78, 5) is 33.8. The summed E-state index contributed by atoms with van der Waals surface area (Å²) < 4.78 is 60.2. The molecule has 1 aromatic carbocycles. The largest absolute Gasteiger partial charge is 0.477 e. The van der Waals surface area contributed by atoms with Gasteiger partial charge in [-0.05, 0) is 19.9 Å². The van der Waals surface area contributed by atoms with Crippen molar-refractivity contribution in [3.8, 4) is 5.75 Å². The maximum absolute atomic E-state index is 13.8. The minimum absolute atomic E-state index is 0.0955. The minimum Gasteiger partial charge on any atom is -0.477 e. The van der Waals surface area contributed by atoms with Gasteiger partial charge in [0.1, 0.15) is 11.6 Å².